The van der Waals surface area contributed by atoms with E-state index in [1.165, 1.54) is 0 Å². The standard InChI is InChI=1S/C20H25N3O2/c1-22(15-17-9-5-3-6-10-17)19(24)13-14-21-20(25)23(2)16-18-11-7-4-8-12-18/h3-12H,13-16H2,1-2H3,(H,21,25). The molecule has 0 spiro atoms. The predicted molar refractivity (Wildman–Crippen MR) is 98.8 cm³/mol. The fourth-order valence-corrected chi connectivity index (χ4v) is 2.48. The van der Waals surface area contributed by atoms with E-state index in [2.05, 4.69) is 5.32 Å². The van der Waals surface area contributed by atoms with E-state index in [4.69, 9.17) is 0 Å². The van der Waals surface area contributed by atoms with Gasteiger partial charge in [0.1, 0.15) is 0 Å². The molecule has 0 saturated heterocycles. The summed E-state index contributed by atoms with van der Waals surface area (Å²) >= 11 is 0. The third-order valence-electron chi connectivity index (χ3n) is 3.91. The molecule has 0 bridgehead atoms. The molecule has 0 radical (unpaired) electrons. The van der Waals surface area contributed by atoms with Crippen molar-refractivity contribution in [2.45, 2.75) is 19.5 Å². The Morgan fingerprint density at radius 2 is 1.28 bits per heavy atom. The maximum atomic E-state index is 12.2. The minimum Gasteiger partial charge on any atom is -0.341 e. The summed E-state index contributed by atoms with van der Waals surface area (Å²) in [5.41, 5.74) is 2.16. The lowest BCUT2D eigenvalue weighted by atomic mass is 10.2. The molecule has 2 aromatic rings. The molecule has 0 aliphatic carbocycles. The largest absolute Gasteiger partial charge is 0.341 e. The third kappa shape index (κ3) is 6.30. The first kappa shape index (κ1) is 18.5. The molecule has 25 heavy (non-hydrogen) atoms. The minimum atomic E-state index is -0.178. The van der Waals surface area contributed by atoms with E-state index in [1.807, 2.05) is 60.7 Å². The zero-order valence-electron chi connectivity index (χ0n) is 14.8. The maximum absolute atomic E-state index is 12.2. The molecular weight excluding hydrogens is 314 g/mol. The molecule has 1 N–H and O–H groups in total. The van der Waals surface area contributed by atoms with E-state index in [9.17, 15) is 9.59 Å². The number of nitrogens with zero attached hydrogens (tertiary/aromatic N) is 2. The van der Waals surface area contributed by atoms with Crippen molar-refractivity contribution < 1.29 is 9.59 Å². The van der Waals surface area contributed by atoms with Crippen LogP contribution in [0.5, 0.6) is 0 Å². The average molecular weight is 339 g/mol. The van der Waals surface area contributed by atoms with Crippen LogP contribution in [0.2, 0.25) is 0 Å². The smallest absolute Gasteiger partial charge is 0.317 e. The summed E-state index contributed by atoms with van der Waals surface area (Å²) < 4.78 is 0. The Kier molecular flexibility index (Phi) is 7.01. The SMILES string of the molecule is CN(Cc1ccccc1)C(=O)CCNC(=O)N(C)Cc1ccccc1. The topological polar surface area (TPSA) is 52.7 Å². The van der Waals surface area contributed by atoms with E-state index < -0.39 is 0 Å². The Morgan fingerprint density at radius 1 is 0.800 bits per heavy atom. The molecule has 0 fully saturated rings. The lowest BCUT2D eigenvalue weighted by Gasteiger charge is -2.20. The molecule has 2 aromatic carbocycles. The van der Waals surface area contributed by atoms with E-state index >= 15 is 0 Å². The molecule has 0 aliphatic heterocycles. The predicted octanol–water partition coefficient (Wildman–Crippen LogP) is 2.88. The Hall–Kier alpha value is -2.82. The van der Waals surface area contributed by atoms with Crippen LogP contribution in [0.3, 0.4) is 0 Å². The number of rotatable bonds is 7. The zero-order chi connectivity index (χ0) is 18.1. The van der Waals surface area contributed by atoms with Gasteiger partial charge in [-0.3, -0.25) is 4.79 Å². The second-order valence-electron chi connectivity index (χ2n) is 6.06. The molecule has 0 unspecified atom stereocenters. The molecular formula is C20H25N3O2. The molecule has 0 heterocycles. The fourth-order valence-electron chi connectivity index (χ4n) is 2.48. The van der Waals surface area contributed by atoms with Crippen molar-refractivity contribution >= 4 is 11.9 Å². The van der Waals surface area contributed by atoms with Crippen LogP contribution in [0.15, 0.2) is 60.7 Å². The second kappa shape index (κ2) is 9.47. The average Bonchev–Trinajstić information content (AvgIpc) is 2.63. The van der Waals surface area contributed by atoms with Crippen LogP contribution >= 0.6 is 0 Å². The molecule has 0 saturated carbocycles. The highest BCUT2D eigenvalue weighted by Gasteiger charge is 2.12. The highest BCUT2D eigenvalue weighted by molar-refractivity contribution is 5.78. The molecule has 0 aliphatic rings. The molecule has 132 valence electrons. The molecule has 3 amide bonds. The molecule has 2 rings (SSSR count). The number of benzene rings is 2. The van der Waals surface area contributed by atoms with Gasteiger partial charge in [0, 0.05) is 40.2 Å². The highest BCUT2D eigenvalue weighted by Crippen LogP contribution is 2.04. The first-order valence-corrected chi connectivity index (χ1v) is 8.37. The Morgan fingerprint density at radius 3 is 1.80 bits per heavy atom. The van der Waals surface area contributed by atoms with Crippen LogP contribution in [0.25, 0.3) is 0 Å². The van der Waals surface area contributed by atoms with Crippen molar-refractivity contribution in [3.8, 4) is 0 Å². The van der Waals surface area contributed by atoms with Gasteiger partial charge in [-0.15, -0.1) is 0 Å². The quantitative estimate of drug-likeness (QED) is 0.843. The van der Waals surface area contributed by atoms with Gasteiger partial charge >= 0.3 is 6.03 Å². The van der Waals surface area contributed by atoms with Gasteiger partial charge in [-0.1, -0.05) is 60.7 Å². The van der Waals surface area contributed by atoms with Crippen LogP contribution in [0, 0.1) is 0 Å². The number of hydrogen-bond acceptors (Lipinski definition) is 2. The van der Waals surface area contributed by atoms with E-state index in [0.29, 0.717) is 19.6 Å². The number of carbonyl (C=O) groups excluding carboxylic acids is 2. The number of amides is 3. The van der Waals surface area contributed by atoms with Gasteiger partial charge in [0.2, 0.25) is 5.91 Å². The second-order valence-corrected chi connectivity index (χ2v) is 6.06. The zero-order valence-corrected chi connectivity index (χ0v) is 14.8. The Bertz CT molecular complexity index is 614. The summed E-state index contributed by atoms with van der Waals surface area (Å²) in [6, 6.07) is 19.5. The molecule has 0 atom stereocenters. The number of nitrogens with one attached hydrogen (secondary N) is 1. The van der Waals surface area contributed by atoms with E-state index in [-0.39, 0.29) is 18.4 Å². The van der Waals surface area contributed by atoms with Gasteiger partial charge in [-0.25, -0.2) is 4.79 Å². The summed E-state index contributed by atoms with van der Waals surface area (Å²) in [7, 11) is 3.52. The summed E-state index contributed by atoms with van der Waals surface area (Å²) in [5, 5.41) is 2.79. The van der Waals surface area contributed by atoms with E-state index in [0.717, 1.165) is 11.1 Å². The van der Waals surface area contributed by atoms with E-state index in [1.54, 1.807) is 23.9 Å². The van der Waals surface area contributed by atoms with Crippen LogP contribution in [0.1, 0.15) is 17.5 Å². The van der Waals surface area contributed by atoms with Crippen molar-refractivity contribution in [2.24, 2.45) is 0 Å². The van der Waals surface area contributed by atoms with Gasteiger partial charge in [0.25, 0.3) is 0 Å². The minimum absolute atomic E-state index is 0.00913. The summed E-state index contributed by atoms with van der Waals surface area (Å²) in [4.78, 5) is 27.5. The monoisotopic (exact) mass is 339 g/mol. The van der Waals surface area contributed by atoms with Gasteiger partial charge in [-0.05, 0) is 11.1 Å². The van der Waals surface area contributed by atoms with Crippen molar-refractivity contribution in [1.82, 2.24) is 15.1 Å². The van der Waals surface area contributed by atoms with Crippen LogP contribution in [-0.4, -0.2) is 42.4 Å². The van der Waals surface area contributed by atoms with Crippen molar-refractivity contribution in [3.63, 3.8) is 0 Å². The normalized spacial score (nSPS) is 10.2. The highest BCUT2D eigenvalue weighted by atomic mass is 16.2. The summed E-state index contributed by atoms with van der Waals surface area (Å²) in [6.07, 6.45) is 0.286. The van der Waals surface area contributed by atoms with Crippen molar-refractivity contribution in [2.75, 3.05) is 20.6 Å². The maximum Gasteiger partial charge on any atom is 0.317 e. The number of hydrogen-bond donors (Lipinski definition) is 1. The van der Waals surface area contributed by atoms with Gasteiger partial charge in [-0.2, -0.15) is 0 Å². The molecule has 5 nitrogen and oxygen atoms in total. The van der Waals surface area contributed by atoms with Gasteiger partial charge in [0.15, 0.2) is 0 Å². The molecule has 0 aromatic heterocycles. The summed E-state index contributed by atoms with van der Waals surface area (Å²) in [5.74, 6) is 0.00913. The van der Waals surface area contributed by atoms with Gasteiger partial charge < -0.3 is 15.1 Å². The molecule has 5 heteroatoms. The van der Waals surface area contributed by atoms with Crippen LogP contribution in [0.4, 0.5) is 4.79 Å². The van der Waals surface area contributed by atoms with Crippen molar-refractivity contribution in [1.29, 1.82) is 0 Å². The first-order chi connectivity index (χ1) is 12.1. The Labute approximate surface area is 149 Å². The number of carbonyl (C=O) groups is 2. The first-order valence-electron chi connectivity index (χ1n) is 8.37. The van der Waals surface area contributed by atoms with Crippen LogP contribution < -0.4 is 5.32 Å². The lowest BCUT2D eigenvalue weighted by Crippen LogP contribution is -2.39. The third-order valence-corrected chi connectivity index (χ3v) is 3.91. The van der Waals surface area contributed by atoms with Crippen LogP contribution in [-0.2, 0) is 17.9 Å². The fraction of sp³-hybridized carbons (Fsp3) is 0.300. The Balaban J connectivity index is 1.70. The van der Waals surface area contributed by atoms with Crippen molar-refractivity contribution in [3.05, 3.63) is 71.8 Å². The lowest BCUT2D eigenvalue weighted by molar-refractivity contribution is -0.130. The summed E-state index contributed by atoms with van der Waals surface area (Å²) in [6.45, 7) is 1.44. The van der Waals surface area contributed by atoms with Gasteiger partial charge in [0.05, 0.1) is 0 Å². The number of urea groups is 1.